The minimum Gasteiger partial charge on any atom is -0.459 e. The Bertz CT molecular complexity index is 250. The molecule has 0 amide bonds. The van der Waals surface area contributed by atoms with E-state index in [1.807, 2.05) is 27.7 Å². The summed E-state index contributed by atoms with van der Waals surface area (Å²) in [6.45, 7) is 7.43. The number of ether oxygens (including phenoxy) is 1. The molecule has 3 heteroatoms. The quantitative estimate of drug-likeness (QED) is 0.477. The van der Waals surface area contributed by atoms with Gasteiger partial charge in [0.25, 0.3) is 0 Å². The molecule has 80 valence electrons. The van der Waals surface area contributed by atoms with E-state index in [-0.39, 0.29) is 11.8 Å². The topological polar surface area (TPSA) is 43.4 Å². The molecular weight excluding hydrogens is 180 g/mol. The van der Waals surface area contributed by atoms with Crippen LogP contribution in [-0.2, 0) is 14.3 Å². The Hall–Kier alpha value is -0.860. The predicted molar refractivity (Wildman–Crippen MR) is 52.7 cm³/mol. The minimum absolute atomic E-state index is 0.0340. The van der Waals surface area contributed by atoms with E-state index in [0.717, 1.165) is 0 Å². The summed E-state index contributed by atoms with van der Waals surface area (Å²) in [7, 11) is 0. The standard InChI is InChI=1S/C11H18O3/c1-7-5-8(9(12)6-7)10(13)14-11(2,3)4/h7-8H,5-6H2,1-4H3. The first-order valence-corrected chi connectivity index (χ1v) is 5.05. The second-order valence-electron chi connectivity index (χ2n) is 5.10. The van der Waals surface area contributed by atoms with E-state index in [9.17, 15) is 9.59 Å². The van der Waals surface area contributed by atoms with Crippen LogP contribution in [-0.4, -0.2) is 17.4 Å². The fourth-order valence-corrected chi connectivity index (χ4v) is 1.70. The summed E-state index contributed by atoms with van der Waals surface area (Å²) in [4.78, 5) is 23.0. The van der Waals surface area contributed by atoms with Crippen LogP contribution < -0.4 is 0 Å². The normalized spacial score (nSPS) is 27.9. The number of carbonyl (C=O) groups is 2. The molecule has 0 N–H and O–H groups in total. The van der Waals surface area contributed by atoms with Gasteiger partial charge in [-0.05, 0) is 33.1 Å². The van der Waals surface area contributed by atoms with Gasteiger partial charge in [0, 0.05) is 6.42 Å². The summed E-state index contributed by atoms with van der Waals surface area (Å²) in [6.07, 6.45) is 1.16. The summed E-state index contributed by atoms with van der Waals surface area (Å²) < 4.78 is 5.18. The first kappa shape index (κ1) is 11.2. The summed E-state index contributed by atoms with van der Waals surface area (Å²) in [5.74, 6) is -0.511. The van der Waals surface area contributed by atoms with Crippen LogP contribution in [0.2, 0.25) is 0 Å². The highest BCUT2D eigenvalue weighted by Gasteiger charge is 2.37. The number of carbonyl (C=O) groups excluding carboxylic acids is 2. The van der Waals surface area contributed by atoms with Crippen molar-refractivity contribution in [2.24, 2.45) is 11.8 Å². The lowest BCUT2D eigenvalue weighted by molar-refractivity contribution is -0.161. The van der Waals surface area contributed by atoms with Crippen molar-refractivity contribution in [2.45, 2.75) is 46.1 Å². The van der Waals surface area contributed by atoms with Gasteiger partial charge in [-0.1, -0.05) is 6.92 Å². The van der Waals surface area contributed by atoms with Gasteiger partial charge >= 0.3 is 5.97 Å². The van der Waals surface area contributed by atoms with Crippen LogP contribution in [0.3, 0.4) is 0 Å². The molecule has 1 saturated carbocycles. The second kappa shape index (κ2) is 3.71. The van der Waals surface area contributed by atoms with E-state index in [0.29, 0.717) is 18.8 Å². The zero-order valence-electron chi connectivity index (χ0n) is 9.29. The maximum absolute atomic E-state index is 11.6. The maximum Gasteiger partial charge on any atom is 0.317 e. The van der Waals surface area contributed by atoms with Crippen LogP contribution >= 0.6 is 0 Å². The number of esters is 1. The Balaban J connectivity index is 2.58. The third-order valence-corrected chi connectivity index (χ3v) is 2.27. The zero-order chi connectivity index (χ0) is 10.9. The van der Waals surface area contributed by atoms with Gasteiger partial charge in [0.05, 0.1) is 0 Å². The average molecular weight is 198 g/mol. The molecule has 2 unspecified atom stereocenters. The molecule has 1 aliphatic rings. The van der Waals surface area contributed by atoms with Gasteiger partial charge in [-0.25, -0.2) is 0 Å². The molecule has 0 radical (unpaired) electrons. The summed E-state index contributed by atoms with van der Waals surface area (Å²) in [5.41, 5.74) is -0.497. The van der Waals surface area contributed by atoms with Crippen molar-refractivity contribution in [1.29, 1.82) is 0 Å². The molecule has 14 heavy (non-hydrogen) atoms. The minimum atomic E-state index is -0.510. The Kier molecular flexibility index (Phi) is 2.98. The molecule has 0 bridgehead atoms. The van der Waals surface area contributed by atoms with Crippen molar-refractivity contribution >= 4 is 11.8 Å². The third-order valence-electron chi connectivity index (χ3n) is 2.27. The molecule has 0 aliphatic heterocycles. The van der Waals surface area contributed by atoms with E-state index in [2.05, 4.69) is 0 Å². The van der Waals surface area contributed by atoms with E-state index in [1.54, 1.807) is 0 Å². The maximum atomic E-state index is 11.6. The smallest absolute Gasteiger partial charge is 0.317 e. The van der Waals surface area contributed by atoms with Gasteiger partial charge in [-0.15, -0.1) is 0 Å². The number of Topliss-reactive ketones (excluding diaryl/α,β-unsaturated/α-hetero) is 1. The van der Waals surface area contributed by atoms with Gasteiger partial charge in [-0.2, -0.15) is 0 Å². The van der Waals surface area contributed by atoms with Crippen molar-refractivity contribution in [3.05, 3.63) is 0 Å². The van der Waals surface area contributed by atoms with Crippen molar-refractivity contribution in [1.82, 2.24) is 0 Å². The SMILES string of the molecule is CC1CC(=O)C(C(=O)OC(C)(C)C)C1. The Morgan fingerprint density at radius 2 is 2.00 bits per heavy atom. The lowest BCUT2D eigenvalue weighted by atomic mass is 10.1. The zero-order valence-corrected chi connectivity index (χ0v) is 9.29. The molecule has 1 aliphatic carbocycles. The molecule has 0 saturated heterocycles. The molecule has 0 aromatic rings. The van der Waals surface area contributed by atoms with Gasteiger partial charge < -0.3 is 4.74 Å². The van der Waals surface area contributed by atoms with Crippen LogP contribution in [0, 0.1) is 11.8 Å². The number of hydrogen-bond donors (Lipinski definition) is 0. The number of hydrogen-bond acceptors (Lipinski definition) is 3. The first-order chi connectivity index (χ1) is 6.29. The number of ketones is 1. The third kappa shape index (κ3) is 2.82. The Morgan fingerprint density at radius 3 is 2.36 bits per heavy atom. The van der Waals surface area contributed by atoms with Gasteiger partial charge in [0.1, 0.15) is 17.3 Å². The molecule has 0 aromatic heterocycles. The number of rotatable bonds is 1. The molecule has 1 rings (SSSR count). The first-order valence-electron chi connectivity index (χ1n) is 5.05. The summed E-state index contributed by atoms with van der Waals surface area (Å²) in [5, 5.41) is 0. The highest BCUT2D eigenvalue weighted by Crippen LogP contribution is 2.29. The lowest BCUT2D eigenvalue weighted by Gasteiger charge is -2.21. The summed E-state index contributed by atoms with van der Waals surface area (Å²) in [6, 6.07) is 0. The largest absolute Gasteiger partial charge is 0.459 e. The van der Waals surface area contributed by atoms with Gasteiger partial charge in [-0.3, -0.25) is 9.59 Å². The van der Waals surface area contributed by atoms with Gasteiger partial charge in [0.2, 0.25) is 0 Å². The van der Waals surface area contributed by atoms with Crippen LogP contribution in [0.1, 0.15) is 40.5 Å². The van der Waals surface area contributed by atoms with E-state index < -0.39 is 11.5 Å². The fourth-order valence-electron chi connectivity index (χ4n) is 1.70. The Morgan fingerprint density at radius 1 is 1.43 bits per heavy atom. The van der Waals surface area contributed by atoms with E-state index in [4.69, 9.17) is 4.74 Å². The molecule has 2 atom stereocenters. The highest BCUT2D eigenvalue weighted by molar-refractivity contribution is 6.00. The van der Waals surface area contributed by atoms with Crippen molar-refractivity contribution in [3.8, 4) is 0 Å². The molecule has 0 aromatic carbocycles. The molecule has 0 heterocycles. The van der Waals surface area contributed by atoms with E-state index in [1.165, 1.54) is 0 Å². The van der Waals surface area contributed by atoms with Crippen LogP contribution in [0.5, 0.6) is 0 Å². The van der Waals surface area contributed by atoms with Crippen molar-refractivity contribution < 1.29 is 14.3 Å². The lowest BCUT2D eigenvalue weighted by Crippen LogP contribution is -2.30. The molecule has 1 fully saturated rings. The van der Waals surface area contributed by atoms with E-state index >= 15 is 0 Å². The fraction of sp³-hybridized carbons (Fsp3) is 0.818. The van der Waals surface area contributed by atoms with Gasteiger partial charge in [0.15, 0.2) is 0 Å². The molecular formula is C11H18O3. The average Bonchev–Trinajstić information content (AvgIpc) is 2.26. The Labute approximate surface area is 84.8 Å². The van der Waals surface area contributed by atoms with Crippen LogP contribution in [0.15, 0.2) is 0 Å². The van der Waals surface area contributed by atoms with Crippen LogP contribution in [0.4, 0.5) is 0 Å². The van der Waals surface area contributed by atoms with Crippen LogP contribution in [0.25, 0.3) is 0 Å². The highest BCUT2D eigenvalue weighted by atomic mass is 16.6. The second-order valence-corrected chi connectivity index (χ2v) is 5.10. The molecule has 3 nitrogen and oxygen atoms in total. The monoisotopic (exact) mass is 198 g/mol. The summed E-state index contributed by atoms with van der Waals surface area (Å²) >= 11 is 0. The van der Waals surface area contributed by atoms with Crippen molar-refractivity contribution in [2.75, 3.05) is 0 Å². The molecule has 0 spiro atoms. The predicted octanol–water partition coefficient (Wildman–Crippen LogP) is 1.94. The van der Waals surface area contributed by atoms with Crippen molar-refractivity contribution in [3.63, 3.8) is 0 Å².